The number of nitrogens with zero attached hydrogens (tertiary/aromatic N) is 4. The summed E-state index contributed by atoms with van der Waals surface area (Å²) in [6, 6.07) is 19.9. The van der Waals surface area contributed by atoms with E-state index in [9.17, 15) is 28.8 Å². The fourth-order valence-electron chi connectivity index (χ4n) is 7.81. The standard InChI is InChI=1S/C49H57N5O14/c1-10-11-12-40-51-41-42(53(40)24-32-13-15-33(16-14-32)25-54(6,7)8)37-22-19-35(47(59)61-9)23-38(37)50-46(41)52-49(60)63-26-34-17-20-36(21-18-34)67-48-45(66-31(5)58)44(65-30(4)57)43(64-29(3)56)39(68-48)27-62-28(2)55/h13-23,39,43-45,48H,10-12,24-27H2,1-9H3/p+1. The van der Waals surface area contributed by atoms with E-state index in [0.717, 1.165) is 66.9 Å². The van der Waals surface area contributed by atoms with Crippen LogP contribution in [-0.4, -0.2) is 121 Å². The van der Waals surface area contributed by atoms with Crippen molar-refractivity contribution in [1.82, 2.24) is 14.5 Å². The lowest BCUT2D eigenvalue weighted by Crippen LogP contribution is -2.63. The van der Waals surface area contributed by atoms with Gasteiger partial charge in [-0.15, -0.1) is 0 Å². The van der Waals surface area contributed by atoms with Crippen LogP contribution < -0.4 is 10.1 Å². The van der Waals surface area contributed by atoms with Crippen LogP contribution in [-0.2, 0) is 78.5 Å². The minimum absolute atomic E-state index is 0.142. The van der Waals surface area contributed by atoms with Crippen LogP contribution in [0.15, 0.2) is 66.7 Å². The maximum absolute atomic E-state index is 13.6. The van der Waals surface area contributed by atoms with Crippen LogP contribution in [0.1, 0.15) is 80.3 Å². The third-order valence-corrected chi connectivity index (χ3v) is 10.7. The number of fused-ring (bicyclic) bond motifs is 3. The SMILES string of the molecule is CCCCc1nc2c(NC(=O)OCc3ccc(OC4OC(COC(C)=O)C(OC(C)=O)C(OC(C)=O)C4OC(C)=O)cc3)nc3cc(C(=O)OC)ccc3c2n1Cc1ccc(C[N+](C)(C)C)cc1. The van der Waals surface area contributed by atoms with E-state index in [2.05, 4.69) is 62.2 Å². The molecule has 19 nitrogen and oxygen atoms in total. The predicted octanol–water partition coefficient (Wildman–Crippen LogP) is 6.18. The van der Waals surface area contributed by atoms with E-state index >= 15 is 0 Å². The van der Waals surface area contributed by atoms with Crippen LogP contribution >= 0.6 is 0 Å². The highest BCUT2D eigenvalue weighted by Crippen LogP contribution is 2.34. The van der Waals surface area contributed by atoms with Gasteiger partial charge in [0.05, 0.1) is 44.8 Å². The molecule has 0 spiro atoms. The number of amides is 1. The van der Waals surface area contributed by atoms with Gasteiger partial charge in [-0.25, -0.2) is 19.6 Å². The van der Waals surface area contributed by atoms with Gasteiger partial charge >= 0.3 is 35.9 Å². The number of carbonyl (C=O) groups excluding carboxylic acids is 6. The van der Waals surface area contributed by atoms with Crippen molar-refractivity contribution in [3.8, 4) is 5.75 Å². The van der Waals surface area contributed by atoms with Gasteiger partial charge in [0.1, 0.15) is 43.0 Å². The maximum atomic E-state index is 13.6. The molecule has 1 fully saturated rings. The number of rotatable bonds is 18. The average Bonchev–Trinajstić information content (AvgIpc) is 3.63. The Labute approximate surface area is 393 Å². The van der Waals surface area contributed by atoms with Crippen LogP contribution in [0, 0.1) is 0 Å². The average molecular weight is 941 g/mol. The van der Waals surface area contributed by atoms with E-state index in [-0.39, 0.29) is 23.7 Å². The molecule has 1 saturated heterocycles. The summed E-state index contributed by atoms with van der Waals surface area (Å²) >= 11 is 0. The van der Waals surface area contributed by atoms with Crippen molar-refractivity contribution in [3.05, 3.63) is 94.8 Å². The molecule has 0 aliphatic carbocycles. The second-order valence-electron chi connectivity index (χ2n) is 17.4. The lowest BCUT2D eigenvalue weighted by molar-refractivity contribution is -0.884. The number of quaternary nitrogens is 1. The Hall–Kier alpha value is -7.12. The summed E-state index contributed by atoms with van der Waals surface area (Å²) in [5.74, 6) is -2.36. The summed E-state index contributed by atoms with van der Waals surface area (Å²) in [4.78, 5) is 84.4. The van der Waals surface area contributed by atoms with Crippen LogP contribution in [0.3, 0.4) is 0 Å². The monoisotopic (exact) mass is 940 g/mol. The maximum Gasteiger partial charge on any atom is 0.413 e. The molecule has 0 radical (unpaired) electrons. The zero-order chi connectivity index (χ0) is 49.3. The largest absolute Gasteiger partial charge is 0.465 e. The van der Waals surface area contributed by atoms with Gasteiger partial charge in [0.2, 0.25) is 12.4 Å². The zero-order valence-electron chi connectivity index (χ0n) is 39.7. The minimum atomic E-state index is -1.44. The summed E-state index contributed by atoms with van der Waals surface area (Å²) in [5.41, 5.74) is 4.73. The summed E-state index contributed by atoms with van der Waals surface area (Å²) in [7, 11) is 7.74. The van der Waals surface area contributed by atoms with Gasteiger partial charge in [-0.2, -0.15) is 0 Å². The van der Waals surface area contributed by atoms with Gasteiger partial charge < -0.3 is 46.9 Å². The molecule has 0 bridgehead atoms. The molecular weight excluding hydrogens is 883 g/mol. The van der Waals surface area contributed by atoms with Crippen molar-refractivity contribution in [3.63, 3.8) is 0 Å². The topological polar surface area (TPSA) is 219 Å². The molecule has 3 heterocycles. The highest BCUT2D eigenvalue weighted by atomic mass is 16.7. The molecule has 1 N–H and O–H groups in total. The molecule has 2 aromatic heterocycles. The number of benzene rings is 3. The van der Waals surface area contributed by atoms with Crippen LogP contribution in [0.2, 0.25) is 0 Å². The number of nitrogens with one attached hydrogen (secondary N) is 1. The lowest BCUT2D eigenvalue weighted by atomic mass is 9.98. The first-order valence-electron chi connectivity index (χ1n) is 22.1. The van der Waals surface area contributed by atoms with Gasteiger partial charge in [0.25, 0.3) is 0 Å². The van der Waals surface area contributed by atoms with E-state index in [1.165, 1.54) is 19.6 Å². The smallest absolute Gasteiger partial charge is 0.413 e. The van der Waals surface area contributed by atoms with Crippen molar-refractivity contribution >= 4 is 63.7 Å². The highest BCUT2D eigenvalue weighted by Gasteiger charge is 2.53. The normalized spacial score (nSPS) is 18.0. The number of hydrogen-bond donors (Lipinski definition) is 1. The predicted molar refractivity (Wildman–Crippen MR) is 245 cm³/mol. The highest BCUT2D eigenvalue weighted by molar-refractivity contribution is 6.10. The number of anilines is 1. The zero-order valence-corrected chi connectivity index (χ0v) is 39.7. The van der Waals surface area contributed by atoms with Crippen molar-refractivity contribution < 1.29 is 71.1 Å². The summed E-state index contributed by atoms with van der Waals surface area (Å²) in [6.07, 6.45) is -5.16. The number of aryl methyl sites for hydroxylation is 1. The number of methoxy groups -OCH3 is 1. The van der Waals surface area contributed by atoms with Crippen molar-refractivity contribution in [2.45, 2.75) is 104 Å². The van der Waals surface area contributed by atoms with Crippen molar-refractivity contribution in [2.24, 2.45) is 0 Å². The van der Waals surface area contributed by atoms with E-state index < -0.39 is 73.3 Å². The number of imidazole rings is 1. The molecule has 0 saturated carbocycles. The Kier molecular flexibility index (Phi) is 16.4. The number of unbranched alkanes of at least 4 members (excludes halogenated alkanes) is 1. The first-order chi connectivity index (χ1) is 32.3. The molecule has 68 heavy (non-hydrogen) atoms. The van der Waals surface area contributed by atoms with E-state index in [1.807, 2.05) is 6.07 Å². The Morgan fingerprint density at radius 2 is 1.38 bits per heavy atom. The number of carbonyl (C=O) groups is 6. The number of ether oxygens (including phenoxy) is 8. The Morgan fingerprint density at radius 1 is 0.750 bits per heavy atom. The third-order valence-electron chi connectivity index (χ3n) is 10.7. The van der Waals surface area contributed by atoms with Gasteiger partial charge in [0, 0.05) is 51.6 Å². The van der Waals surface area contributed by atoms with Gasteiger partial charge in [-0.1, -0.05) is 49.7 Å². The first kappa shape index (κ1) is 50.3. The molecule has 5 atom stereocenters. The molecule has 362 valence electrons. The number of esters is 5. The first-order valence-corrected chi connectivity index (χ1v) is 22.1. The molecule has 1 aliphatic heterocycles. The molecule has 5 unspecified atom stereocenters. The fraction of sp³-hybridized carbons (Fsp3) is 0.429. The van der Waals surface area contributed by atoms with Gasteiger partial charge in [-0.05, 0) is 47.9 Å². The van der Waals surface area contributed by atoms with Gasteiger partial charge in [-0.3, -0.25) is 24.5 Å². The number of pyridine rings is 1. The second kappa shape index (κ2) is 22.1. The molecule has 6 rings (SSSR count). The van der Waals surface area contributed by atoms with Crippen molar-refractivity contribution in [2.75, 3.05) is 40.2 Å². The molecule has 19 heteroatoms. The molecule has 3 aromatic carbocycles. The Bertz CT molecular complexity index is 2640. The third kappa shape index (κ3) is 13.1. The molecule has 5 aromatic rings. The summed E-state index contributed by atoms with van der Waals surface area (Å²) in [5, 5.41) is 3.52. The second-order valence-corrected chi connectivity index (χ2v) is 17.4. The Morgan fingerprint density at radius 3 is 2.00 bits per heavy atom. The number of hydrogen-bond acceptors (Lipinski definition) is 16. The van der Waals surface area contributed by atoms with Crippen LogP contribution in [0.4, 0.5) is 10.6 Å². The lowest BCUT2D eigenvalue weighted by Gasteiger charge is -2.43. The quantitative estimate of drug-likeness (QED) is 0.0589. The van der Waals surface area contributed by atoms with Gasteiger partial charge in [0.15, 0.2) is 18.0 Å². The van der Waals surface area contributed by atoms with Crippen LogP contribution in [0.5, 0.6) is 5.75 Å². The van der Waals surface area contributed by atoms with E-state index in [0.29, 0.717) is 29.6 Å². The summed E-state index contributed by atoms with van der Waals surface area (Å²) < 4.78 is 47.3. The molecular formula is C49H58N5O14+. The fourth-order valence-corrected chi connectivity index (χ4v) is 7.81. The van der Waals surface area contributed by atoms with E-state index in [1.54, 1.807) is 36.4 Å². The minimum Gasteiger partial charge on any atom is -0.465 e. The molecule has 1 aliphatic rings. The van der Waals surface area contributed by atoms with Crippen molar-refractivity contribution in [1.29, 1.82) is 0 Å². The molecule has 1 amide bonds. The number of aromatic nitrogens is 3. The van der Waals surface area contributed by atoms with Crippen LogP contribution in [0.25, 0.3) is 21.9 Å². The summed E-state index contributed by atoms with van der Waals surface area (Å²) in [6.45, 7) is 7.43. The van der Waals surface area contributed by atoms with E-state index in [4.69, 9.17) is 47.9 Å². The Balaban J connectivity index is 1.24.